The zero-order valence-corrected chi connectivity index (χ0v) is 11.8. The molecule has 0 radical (unpaired) electrons. The van der Waals surface area contributed by atoms with E-state index in [0.717, 1.165) is 34.6 Å². The van der Waals surface area contributed by atoms with Gasteiger partial charge >= 0.3 is 0 Å². The molecule has 2 N–H and O–H groups in total. The first-order valence-corrected chi connectivity index (χ1v) is 6.63. The SMILES string of the molecule is CCNc1cc(NCc2ccc(Cl)cc2)nc(C)n1. The zero-order valence-electron chi connectivity index (χ0n) is 11.1. The van der Waals surface area contributed by atoms with Crippen molar-refractivity contribution in [3.8, 4) is 0 Å². The first-order chi connectivity index (χ1) is 9.17. The molecule has 19 heavy (non-hydrogen) atoms. The van der Waals surface area contributed by atoms with Crippen molar-refractivity contribution in [3.63, 3.8) is 0 Å². The lowest BCUT2D eigenvalue weighted by atomic mass is 10.2. The second kappa shape index (κ2) is 6.38. The lowest BCUT2D eigenvalue weighted by Crippen LogP contribution is -2.06. The number of hydrogen-bond acceptors (Lipinski definition) is 4. The van der Waals surface area contributed by atoms with Gasteiger partial charge < -0.3 is 10.6 Å². The quantitative estimate of drug-likeness (QED) is 0.878. The van der Waals surface area contributed by atoms with Crippen LogP contribution in [0.4, 0.5) is 11.6 Å². The van der Waals surface area contributed by atoms with Crippen LogP contribution in [0.1, 0.15) is 18.3 Å². The van der Waals surface area contributed by atoms with Crippen molar-refractivity contribution in [1.82, 2.24) is 9.97 Å². The van der Waals surface area contributed by atoms with Crippen LogP contribution >= 0.6 is 11.6 Å². The predicted octanol–water partition coefficient (Wildman–Crippen LogP) is 3.48. The Labute approximate surface area is 118 Å². The Hall–Kier alpha value is -1.81. The minimum absolute atomic E-state index is 0.708. The van der Waals surface area contributed by atoms with E-state index in [1.54, 1.807) is 0 Å². The number of nitrogens with one attached hydrogen (secondary N) is 2. The highest BCUT2D eigenvalue weighted by atomic mass is 35.5. The average Bonchev–Trinajstić information content (AvgIpc) is 2.38. The van der Waals surface area contributed by atoms with E-state index >= 15 is 0 Å². The molecular formula is C14H17ClN4. The van der Waals surface area contributed by atoms with Gasteiger partial charge in [0.05, 0.1) is 0 Å². The second-order valence-electron chi connectivity index (χ2n) is 4.20. The first-order valence-electron chi connectivity index (χ1n) is 6.25. The van der Waals surface area contributed by atoms with E-state index in [-0.39, 0.29) is 0 Å². The van der Waals surface area contributed by atoms with Crippen molar-refractivity contribution in [2.75, 3.05) is 17.2 Å². The number of halogens is 1. The topological polar surface area (TPSA) is 49.8 Å². The number of hydrogen-bond donors (Lipinski definition) is 2. The molecule has 0 amide bonds. The van der Waals surface area contributed by atoms with Gasteiger partial charge in [-0.2, -0.15) is 0 Å². The predicted molar refractivity (Wildman–Crippen MR) is 79.7 cm³/mol. The van der Waals surface area contributed by atoms with Crippen molar-refractivity contribution >= 4 is 23.2 Å². The first kappa shape index (κ1) is 13.6. The largest absolute Gasteiger partial charge is 0.370 e. The van der Waals surface area contributed by atoms with Gasteiger partial charge in [-0.15, -0.1) is 0 Å². The van der Waals surface area contributed by atoms with Gasteiger partial charge in [-0.25, -0.2) is 9.97 Å². The number of anilines is 2. The molecule has 0 saturated carbocycles. The van der Waals surface area contributed by atoms with Crippen LogP contribution in [0.25, 0.3) is 0 Å². The van der Waals surface area contributed by atoms with E-state index < -0.39 is 0 Å². The van der Waals surface area contributed by atoms with Crippen molar-refractivity contribution in [2.45, 2.75) is 20.4 Å². The molecule has 0 atom stereocenters. The number of nitrogens with zero attached hydrogens (tertiary/aromatic N) is 2. The monoisotopic (exact) mass is 276 g/mol. The highest BCUT2D eigenvalue weighted by Gasteiger charge is 2.01. The molecule has 1 aromatic heterocycles. The second-order valence-corrected chi connectivity index (χ2v) is 4.63. The van der Waals surface area contributed by atoms with Crippen molar-refractivity contribution in [3.05, 3.63) is 46.7 Å². The van der Waals surface area contributed by atoms with Crippen LogP contribution in [0.5, 0.6) is 0 Å². The van der Waals surface area contributed by atoms with Crippen LogP contribution in [0, 0.1) is 6.92 Å². The summed E-state index contributed by atoms with van der Waals surface area (Å²) in [7, 11) is 0. The Morgan fingerprint density at radius 2 is 1.68 bits per heavy atom. The summed E-state index contributed by atoms with van der Waals surface area (Å²) < 4.78 is 0. The lowest BCUT2D eigenvalue weighted by molar-refractivity contribution is 1.01. The molecule has 0 aliphatic heterocycles. The summed E-state index contributed by atoms with van der Waals surface area (Å²) in [5.41, 5.74) is 1.16. The summed E-state index contributed by atoms with van der Waals surface area (Å²) in [6.07, 6.45) is 0. The molecule has 0 aliphatic carbocycles. The molecular weight excluding hydrogens is 260 g/mol. The van der Waals surface area contributed by atoms with Crippen LogP contribution in [-0.4, -0.2) is 16.5 Å². The van der Waals surface area contributed by atoms with Gasteiger partial charge in [0.15, 0.2) is 0 Å². The Balaban J connectivity index is 2.04. The third-order valence-corrected chi connectivity index (χ3v) is 2.83. The maximum Gasteiger partial charge on any atom is 0.132 e. The van der Waals surface area contributed by atoms with Gasteiger partial charge in [0.2, 0.25) is 0 Å². The van der Waals surface area contributed by atoms with Crippen molar-refractivity contribution < 1.29 is 0 Å². The molecule has 0 bridgehead atoms. The van der Waals surface area contributed by atoms with Crippen molar-refractivity contribution in [1.29, 1.82) is 0 Å². The minimum Gasteiger partial charge on any atom is -0.370 e. The number of aryl methyl sites for hydroxylation is 1. The van der Waals surface area contributed by atoms with Gasteiger partial charge in [0.25, 0.3) is 0 Å². The van der Waals surface area contributed by atoms with Crippen LogP contribution in [-0.2, 0) is 6.54 Å². The molecule has 2 rings (SSSR count). The normalized spacial score (nSPS) is 10.3. The number of rotatable bonds is 5. The summed E-state index contributed by atoms with van der Waals surface area (Å²) in [6.45, 7) is 5.47. The molecule has 100 valence electrons. The Bertz CT molecular complexity index is 540. The maximum absolute atomic E-state index is 5.86. The minimum atomic E-state index is 0.708. The maximum atomic E-state index is 5.86. The highest BCUT2D eigenvalue weighted by Crippen LogP contribution is 2.14. The van der Waals surface area contributed by atoms with Gasteiger partial charge in [0.1, 0.15) is 17.5 Å². The van der Waals surface area contributed by atoms with Gasteiger partial charge in [-0.05, 0) is 31.5 Å². The summed E-state index contributed by atoms with van der Waals surface area (Å²) in [5.74, 6) is 2.41. The molecule has 0 unspecified atom stereocenters. The third-order valence-electron chi connectivity index (χ3n) is 2.58. The fourth-order valence-electron chi connectivity index (χ4n) is 1.72. The van der Waals surface area contributed by atoms with E-state index in [1.165, 1.54) is 0 Å². The summed E-state index contributed by atoms with van der Waals surface area (Å²) in [5, 5.41) is 7.22. The Kier molecular flexibility index (Phi) is 4.58. The molecule has 1 heterocycles. The van der Waals surface area contributed by atoms with E-state index in [9.17, 15) is 0 Å². The van der Waals surface area contributed by atoms with Gasteiger partial charge in [0, 0.05) is 24.2 Å². The van der Waals surface area contributed by atoms with Crippen LogP contribution in [0.3, 0.4) is 0 Å². The van der Waals surface area contributed by atoms with E-state index in [2.05, 4.69) is 20.6 Å². The van der Waals surface area contributed by atoms with Crippen LogP contribution in [0.15, 0.2) is 30.3 Å². The molecule has 0 saturated heterocycles. The molecule has 0 aliphatic rings. The molecule has 1 aromatic carbocycles. The van der Waals surface area contributed by atoms with Gasteiger partial charge in [-0.3, -0.25) is 0 Å². The standard InChI is InChI=1S/C14H17ClN4/c1-3-16-13-8-14(19-10(2)18-13)17-9-11-4-6-12(15)7-5-11/h4-8H,3,9H2,1-2H3,(H2,16,17,18,19). The smallest absolute Gasteiger partial charge is 0.132 e. The summed E-state index contributed by atoms with van der Waals surface area (Å²) in [6, 6.07) is 9.66. The number of benzene rings is 1. The van der Waals surface area contributed by atoms with Crippen LogP contribution < -0.4 is 10.6 Å². The fraction of sp³-hybridized carbons (Fsp3) is 0.286. The molecule has 0 fully saturated rings. The number of aromatic nitrogens is 2. The Morgan fingerprint density at radius 1 is 1.05 bits per heavy atom. The van der Waals surface area contributed by atoms with Crippen LogP contribution in [0.2, 0.25) is 5.02 Å². The highest BCUT2D eigenvalue weighted by molar-refractivity contribution is 6.30. The lowest BCUT2D eigenvalue weighted by Gasteiger charge is -2.09. The summed E-state index contributed by atoms with van der Waals surface area (Å²) in [4.78, 5) is 8.67. The summed E-state index contributed by atoms with van der Waals surface area (Å²) >= 11 is 5.86. The van der Waals surface area contributed by atoms with E-state index in [0.29, 0.717) is 6.54 Å². The van der Waals surface area contributed by atoms with Gasteiger partial charge in [-0.1, -0.05) is 23.7 Å². The molecule has 2 aromatic rings. The van der Waals surface area contributed by atoms with Crippen molar-refractivity contribution in [2.24, 2.45) is 0 Å². The van der Waals surface area contributed by atoms with E-state index in [1.807, 2.05) is 44.2 Å². The zero-order chi connectivity index (χ0) is 13.7. The molecule has 0 spiro atoms. The molecule has 5 heteroatoms. The average molecular weight is 277 g/mol. The Morgan fingerprint density at radius 3 is 2.32 bits per heavy atom. The fourth-order valence-corrected chi connectivity index (χ4v) is 1.85. The van der Waals surface area contributed by atoms with E-state index in [4.69, 9.17) is 11.6 Å². The third kappa shape index (κ3) is 4.10. The molecule has 4 nitrogen and oxygen atoms in total.